The van der Waals surface area contributed by atoms with E-state index in [9.17, 15) is 0 Å². The Morgan fingerprint density at radius 2 is 2.21 bits per heavy atom. The third-order valence-electron chi connectivity index (χ3n) is 3.02. The van der Waals surface area contributed by atoms with Crippen LogP contribution >= 0.6 is 15.9 Å². The van der Waals surface area contributed by atoms with Gasteiger partial charge in [-0.3, -0.25) is 4.68 Å². The molecule has 5 nitrogen and oxygen atoms in total. The quantitative estimate of drug-likeness (QED) is 0.788. The van der Waals surface area contributed by atoms with Crippen molar-refractivity contribution in [2.45, 2.75) is 13.5 Å². The standard InChI is InChI=1S/C13H13BrN4O/c1-7-16-9-5-8(3-4-11(9)19-7)13-12(14)10(6-15)17-18(13)2/h3-5H,6,15H2,1-2H3. The first kappa shape index (κ1) is 12.4. The molecule has 0 aliphatic carbocycles. The predicted molar refractivity (Wildman–Crippen MR) is 76.5 cm³/mol. The third-order valence-corrected chi connectivity index (χ3v) is 3.85. The van der Waals surface area contributed by atoms with Gasteiger partial charge in [-0.2, -0.15) is 5.10 Å². The maximum atomic E-state index is 5.67. The highest BCUT2D eigenvalue weighted by atomic mass is 79.9. The number of halogens is 1. The lowest BCUT2D eigenvalue weighted by atomic mass is 10.1. The van der Waals surface area contributed by atoms with Crippen molar-refractivity contribution in [2.24, 2.45) is 12.8 Å². The van der Waals surface area contributed by atoms with Gasteiger partial charge in [0.05, 0.1) is 15.9 Å². The van der Waals surface area contributed by atoms with Gasteiger partial charge < -0.3 is 10.2 Å². The van der Waals surface area contributed by atoms with Crippen LogP contribution in [0.4, 0.5) is 0 Å². The lowest BCUT2D eigenvalue weighted by Gasteiger charge is -2.02. The summed E-state index contributed by atoms with van der Waals surface area (Å²) in [6, 6.07) is 5.91. The molecule has 2 aromatic heterocycles. The zero-order valence-corrected chi connectivity index (χ0v) is 12.2. The van der Waals surface area contributed by atoms with E-state index in [0.29, 0.717) is 12.4 Å². The first-order valence-electron chi connectivity index (χ1n) is 5.89. The van der Waals surface area contributed by atoms with Gasteiger partial charge in [-0.05, 0) is 34.1 Å². The van der Waals surface area contributed by atoms with Gasteiger partial charge in [-0.25, -0.2) is 4.98 Å². The second-order valence-corrected chi connectivity index (χ2v) is 5.15. The Balaban J connectivity index is 2.21. The fourth-order valence-electron chi connectivity index (χ4n) is 2.19. The maximum absolute atomic E-state index is 5.67. The summed E-state index contributed by atoms with van der Waals surface area (Å²) >= 11 is 3.56. The van der Waals surface area contributed by atoms with Crippen LogP contribution < -0.4 is 5.73 Å². The molecule has 0 radical (unpaired) electrons. The van der Waals surface area contributed by atoms with Gasteiger partial charge in [0.25, 0.3) is 0 Å². The molecule has 3 rings (SSSR count). The summed E-state index contributed by atoms with van der Waals surface area (Å²) in [6.07, 6.45) is 0. The van der Waals surface area contributed by atoms with Crippen LogP contribution in [0.25, 0.3) is 22.4 Å². The smallest absolute Gasteiger partial charge is 0.192 e. The van der Waals surface area contributed by atoms with Gasteiger partial charge in [-0.15, -0.1) is 0 Å². The summed E-state index contributed by atoms with van der Waals surface area (Å²) in [5.41, 5.74) is 10.2. The van der Waals surface area contributed by atoms with Gasteiger partial charge in [0.2, 0.25) is 0 Å². The van der Waals surface area contributed by atoms with Crippen molar-refractivity contribution in [3.05, 3.63) is 34.3 Å². The second kappa shape index (κ2) is 4.47. The molecule has 6 heteroatoms. The predicted octanol–water partition coefficient (Wildman–Crippen LogP) is 2.76. The average molecular weight is 321 g/mol. The molecule has 2 N–H and O–H groups in total. The van der Waals surface area contributed by atoms with E-state index in [2.05, 4.69) is 26.0 Å². The van der Waals surface area contributed by atoms with Crippen LogP contribution in [0, 0.1) is 6.92 Å². The van der Waals surface area contributed by atoms with Crippen LogP contribution in [-0.2, 0) is 13.6 Å². The van der Waals surface area contributed by atoms with E-state index < -0.39 is 0 Å². The number of hydrogen-bond donors (Lipinski definition) is 1. The molecule has 0 atom stereocenters. The first-order valence-corrected chi connectivity index (χ1v) is 6.68. The number of rotatable bonds is 2. The number of benzene rings is 1. The van der Waals surface area contributed by atoms with Crippen LogP contribution in [0.15, 0.2) is 27.1 Å². The van der Waals surface area contributed by atoms with E-state index >= 15 is 0 Å². The minimum Gasteiger partial charge on any atom is -0.441 e. The third kappa shape index (κ3) is 1.97. The van der Waals surface area contributed by atoms with Crippen LogP contribution in [0.5, 0.6) is 0 Å². The Morgan fingerprint density at radius 3 is 2.89 bits per heavy atom. The van der Waals surface area contributed by atoms with Crippen molar-refractivity contribution in [1.29, 1.82) is 0 Å². The lowest BCUT2D eigenvalue weighted by molar-refractivity contribution is 0.561. The van der Waals surface area contributed by atoms with Crippen LogP contribution in [0.1, 0.15) is 11.6 Å². The number of nitrogens with zero attached hydrogens (tertiary/aromatic N) is 3. The highest BCUT2D eigenvalue weighted by molar-refractivity contribution is 9.10. The topological polar surface area (TPSA) is 69.9 Å². The fraction of sp³-hybridized carbons (Fsp3) is 0.231. The van der Waals surface area contributed by atoms with E-state index in [-0.39, 0.29) is 0 Å². The van der Waals surface area contributed by atoms with E-state index in [1.807, 2.05) is 36.9 Å². The Bertz CT molecular complexity index is 759. The number of hydrogen-bond acceptors (Lipinski definition) is 4. The number of fused-ring (bicyclic) bond motifs is 1. The summed E-state index contributed by atoms with van der Waals surface area (Å²) < 4.78 is 8.23. The van der Waals surface area contributed by atoms with Crippen molar-refractivity contribution in [1.82, 2.24) is 14.8 Å². The largest absolute Gasteiger partial charge is 0.441 e. The molecule has 0 amide bonds. The van der Waals surface area contributed by atoms with E-state index in [4.69, 9.17) is 10.2 Å². The van der Waals surface area contributed by atoms with E-state index in [0.717, 1.165) is 32.5 Å². The van der Waals surface area contributed by atoms with Gasteiger partial charge in [0.1, 0.15) is 5.52 Å². The summed E-state index contributed by atoms with van der Waals surface area (Å²) in [5, 5.41) is 4.39. The van der Waals surface area contributed by atoms with Crippen molar-refractivity contribution < 1.29 is 4.42 Å². The summed E-state index contributed by atoms with van der Waals surface area (Å²) in [5.74, 6) is 0.666. The fourth-order valence-corrected chi connectivity index (χ4v) is 2.91. The highest BCUT2D eigenvalue weighted by Gasteiger charge is 2.15. The summed E-state index contributed by atoms with van der Waals surface area (Å²) in [6.45, 7) is 2.24. The molecule has 0 aliphatic rings. The number of oxazole rings is 1. The average Bonchev–Trinajstić information content (AvgIpc) is 2.87. The van der Waals surface area contributed by atoms with Gasteiger partial charge in [0, 0.05) is 26.1 Å². The highest BCUT2D eigenvalue weighted by Crippen LogP contribution is 2.32. The molecule has 0 unspecified atom stereocenters. The Labute approximate surface area is 118 Å². The van der Waals surface area contributed by atoms with Crippen molar-refractivity contribution in [3.63, 3.8) is 0 Å². The minimum atomic E-state index is 0.403. The van der Waals surface area contributed by atoms with Crippen molar-refractivity contribution >= 4 is 27.0 Å². The Hall–Kier alpha value is -1.66. The molecule has 0 saturated heterocycles. The summed E-state index contributed by atoms with van der Waals surface area (Å²) in [4.78, 5) is 4.35. The van der Waals surface area contributed by atoms with Crippen LogP contribution in [-0.4, -0.2) is 14.8 Å². The van der Waals surface area contributed by atoms with Gasteiger partial charge in [-0.1, -0.05) is 0 Å². The van der Waals surface area contributed by atoms with E-state index in [1.165, 1.54) is 0 Å². The molecule has 3 aromatic rings. The van der Waals surface area contributed by atoms with E-state index in [1.54, 1.807) is 0 Å². The molecule has 2 heterocycles. The SMILES string of the molecule is Cc1nc2cc(-c3c(Br)c(CN)nn3C)ccc2o1. The zero-order valence-electron chi connectivity index (χ0n) is 10.6. The molecule has 0 fully saturated rings. The normalized spacial score (nSPS) is 11.4. The molecule has 0 bridgehead atoms. The molecular weight excluding hydrogens is 308 g/mol. The number of aryl methyl sites for hydroxylation is 2. The van der Waals surface area contributed by atoms with Crippen LogP contribution in [0.3, 0.4) is 0 Å². The van der Waals surface area contributed by atoms with Gasteiger partial charge in [0.15, 0.2) is 11.5 Å². The Kier molecular flexibility index (Phi) is 2.91. The van der Waals surface area contributed by atoms with Crippen LogP contribution in [0.2, 0.25) is 0 Å². The lowest BCUT2D eigenvalue weighted by Crippen LogP contribution is -1.99. The molecule has 19 heavy (non-hydrogen) atoms. The Morgan fingerprint density at radius 1 is 1.42 bits per heavy atom. The van der Waals surface area contributed by atoms with Gasteiger partial charge >= 0.3 is 0 Å². The van der Waals surface area contributed by atoms with Crippen molar-refractivity contribution in [2.75, 3.05) is 0 Å². The van der Waals surface area contributed by atoms with Crippen molar-refractivity contribution in [3.8, 4) is 11.3 Å². The minimum absolute atomic E-state index is 0.403. The molecular formula is C13H13BrN4O. The monoisotopic (exact) mass is 320 g/mol. The second-order valence-electron chi connectivity index (χ2n) is 4.35. The molecule has 0 spiro atoms. The zero-order chi connectivity index (χ0) is 13.6. The molecule has 0 saturated carbocycles. The molecule has 0 aliphatic heterocycles. The molecule has 98 valence electrons. The molecule has 1 aromatic carbocycles. The summed E-state index contributed by atoms with van der Waals surface area (Å²) in [7, 11) is 1.90. The first-order chi connectivity index (χ1) is 9.10. The maximum Gasteiger partial charge on any atom is 0.192 e. The number of aromatic nitrogens is 3. The number of nitrogens with two attached hydrogens (primary N) is 1.